The average molecular weight is 409 g/mol. The lowest BCUT2D eigenvalue weighted by Crippen LogP contribution is -2.50. The quantitative estimate of drug-likeness (QED) is 0.604. The Labute approximate surface area is 175 Å². The highest BCUT2D eigenvalue weighted by Gasteiger charge is 2.29. The smallest absolute Gasteiger partial charge is 0.255 e. The summed E-state index contributed by atoms with van der Waals surface area (Å²) in [4.78, 5) is 17.0. The number of amides is 1. The Balaban J connectivity index is 1.52. The van der Waals surface area contributed by atoms with Crippen molar-refractivity contribution < 1.29 is 9.18 Å². The lowest BCUT2D eigenvalue weighted by Gasteiger charge is -2.40. The molecule has 1 aliphatic rings. The van der Waals surface area contributed by atoms with Crippen molar-refractivity contribution >= 4 is 17.5 Å². The van der Waals surface area contributed by atoms with Gasteiger partial charge in [-0.2, -0.15) is 0 Å². The van der Waals surface area contributed by atoms with E-state index >= 15 is 0 Å². The third-order valence-electron chi connectivity index (χ3n) is 5.36. The summed E-state index contributed by atoms with van der Waals surface area (Å²) in [5.41, 5.74) is 2.68. The summed E-state index contributed by atoms with van der Waals surface area (Å²) >= 11 is 6.12. The SMILES string of the molecule is O=C(c1cc(F)ccc1Cl)N1CCN(C(c2ccccc2)c2ccccc2)CC1. The van der Waals surface area contributed by atoms with Crippen molar-refractivity contribution in [2.45, 2.75) is 6.04 Å². The lowest BCUT2D eigenvalue weighted by atomic mass is 9.96. The number of carbonyl (C=O) groups is 1. The molecule has 0 radical (unpaired) electrons. The molecule has 1 heterocycles. The van der Waals surface area contributed by atoms with Crippen LogP contribution in [0.5, 0.6) is 0 Å². The first-order chi connectivity index (χ1) is 14.1. The maximum atomic E-state index is 13.6. The van der Waals surface area contributed by atoms with Gasteiger partial charge in [-0.1, -0.05) is 72.3 Å². The standard InChI is InChI=1S/C24H22ClFN2O/c25-22-12-11-20(26)17-21(22)24(29)28-15-13-27(14-16-28)23(18-7-3-1-4-8-18)19-9-5-2-6-10-19/h1-12,17,23H,13-16H2. The Morgan fingerprint density at radius 1 is 0.828 bits per heavy atom. The minimum atomic E-state index is -0.454. The van der Waals surface area contributed by atoms with Crippen molar-refractivity contribution in [3.05, 3.63) is 106 Å². The van der Waals surface area contributed by atoms with E-state index in [1.807, 2.05) is 12.1 Å². The number of nitrogens with zero attached hydrogens (tertiary/aromatic N) is 2. The van der Waals surface area contributed by atoms with Crippen LogP contribution in [-0.4, -0.2) is 41.9 Å². The molecule has 1 amide bonds. The largest absolute Gasteiger partial charge is 0.336 e. The minimum absolute atomic E-state index is 0.132. The van der Waals surface area contributed by atoms with Crippen LogP contribution in [0.1, 0.15) is 27.5 Å². The van der Waals surface area contributed by atoms with E-state index in [9.17, 15) is 9.18 Å². The molecule has 29 heavy (non-hydrogen) atoms. The number of piperazine rings is 1. The highest BCUT2D eigenvalue weighted by Crippen LogP contribution is 2.30. The molecule has 1 saturated heterocycles. The third kappa shape index (κ3) is 4.34. The first-order valence-electron chi connectivity index (χ1n) is 9.72. The molecule has 0 atom stereocenters. The Kier molecular flexibility index (Phi) is 5.93. The van der Waals surface area contributed by atoms with Crippen LogP contribution in [0.15, 0.2) is 78.9 Å². The summed E-state index contributed by atoms with van der Waals surface area (Å²) in [6, 6.07) is 24.9. The molecule has 5 heteroatoms. The molecule has 3 aromatic carbocycles. The first-order valence-corrected chi connectivity index (χ1v) is 10.1. The molecular formula is C24H22ClFN2O. The molecule has 148 valence electrons. The summed E-state index contributed by atoms with van der Waals surface area (Å²) in [6.45, 7) is 2.60. The van der Waals surface area contributed by atoms with Crippen molar-refractivity contribution in [3.8, 4) is 0 Å². The van der Waals surface area contributed by atoms with Gasteiger partial charge in [0.2, 0.25) is 0 Å². The number of benzene rings is 3. The van der Waals surface area contributed by atoms with E-state index in [1.165, 1.54) is 29.3 Å². The number of rotatable bonds is 4. The van der Waals surface area contributed by atoms with Crippen LogP contribution in [0.25, 0.3) is 0 Å². The molecule has 3 aromatic rings. The van der Waals surface area contributed by atoms with Crippen LogP contribution in [0, 0.1) is 5.82 Å². The molecule has 0 unspecified atom stereocenters. The summed E-state index contributed by atoms with van der Waals surface area (Å²) in [6.07, 6.45) is 0. The summed E-state index contributed by atoms with van der Waals surface area (Å²) in [5.74, 6) is -0.672. The van der Waals surface area contributed by atoms with Crippen LogP contribution < -0.4 is 0 Å². The predicted molar refractivity (Wildman–Crippen MR) is 114 cm³/mol. The molecule has 0 saturated carbocycles. The zero-order valence-electron chi connectivity index (χ0n) is 16.0. The number of carbonyl (C=O) groups excluding carboxylic acids is 1. The fourth-order valence-corrected chi connectivity index (χ4v) is 4.10. The van der Waals surface area contributed by atoms with Gasteiger partial charge in [0.05, 0.1) is 16.6 Å². The van der Waals surface area contributed by atoms with Crippen LogP contribution >= 0.6 is 11.6 Å². The monoisotopic (exact) mass is 408 g/mol. The first kappa shape index (κ1) is 19.6. The fourth-order valence-electron chi connectivity index (χ4n) is 3.90. The Bertz CT molecular complexity index is 933. The van der Waals surface area contributed by atoms with E-state index in [2.05, 4.69) is 53.4 Å². The second-order valence-electron chi connectivity index (χ2n) is 7.18. The van der Waals surface area contributed by atoms with Crippen molar-refractivity contribution in [1.29, 1.82) is 0 Å². The summed E-state index contributed by atoms with van der Waals surface area (Å²) < 4.78 is 13.6. The lowest BCUT2D eigenvalue weighted by molar-refractivity contribution is 0.0597. The van der Waals surface area contributed by atoms with Gasteiger partial charge >= 0.3 is 0 Å². The van der Waals surface area contributed by atoms with E-state index in [4.69, 9.17) is 11.6 Å². The van der Waals surface area contributed by atoms with Gasteiger partial charge in [-0.3, -0.25) is 9.69 Å². The van der Waals surface area contributed by atoms with Crippen LogP contribution in [0.2, 0.25) is 5.02 Å². The molecule has 0 spiro atoms. The molecular weight excluding hydrogens is 387 g/mol. The van der Waals surface area contributed by atoms with E-state index in [0.29, 0.717) is 13.1 Å². The molecule has 1 aliphatic heterocycles. The predicted octanol–water partition coefficient (Wildman–Crippen LogP) is 5.03. The van der Waals surface area contributed by atoms with Crippen molar-refractivity contribution in [1.82, 2.24) is 9.80 Å². The summed E-state index contributed by atoms with van der Waals surface area (Å²) in [5, 5.41) is 0.283. The van der Waals surface area contributed by atoms with Crippen molar-refractivity contribution in [2.75, 3.05) is 26.2 Å². The second-order valence-corrected chi connectivity index (χ2v) is 7.58. The fraction of sp³-hybridized carbons (Fsp3) is 0.208. The molecule has 3 nitrogen and oxygen atoms in total. The number of hydrogen-bond donors (Lipinski definition) is 0. The van der Waals surface area contributed by atoms with Crippen LogP contribution in [-0.2, 0) is 0 Å². The van der Waals surface area contributed by atoms with E-state index < -0.39 is 5.82 Å². The number of hydrogen-bond acceptors (Lipinski definition) is 2. The van der Waals surface area contributed by atoms with Gasteiger partial charge in [0.1, 0.15) is 5.82 Å². The van der Waals surface area contributed by atoms with Crippen LogP contribution in [0.4, 0.5) is 4.39 Å². The van der Waals surface area contributed by atoms with Crippen molar-refractivity contribution in [2.24, 2.45) is 0 Å². The Hall–Kier alpha value is -2.69. The second kappa shape index (κ2) is 8.76. The Morgan fingerprint density at radius 2 is 1.38 bits per heavy atom. The maximum absolute atomic E-state index is 13.6. The van der Waals surface area contributed by atoms with Gasteiger partial charge in [-0.05, 0) is 29.3 Å². The molecule has 0 bridgehead atoms. The topological polar surface area (TPSA) is 23.6 Å². The van der Waals surface area contributed by atoms with Gasteiger partial charge in [0.25, 0.3) is 5.91 Å². The molecule has 0 aliphatic carbocycles. The van der Waals surface area contributed by atoms with Gasteiger partial charge in [0, 0.05) is 26.2 Å². The minimum Gasteiger partial charge on any atom is -0.336 e. The van der Waals surface area contributed by atoms with Gasteiger partial charge in [0.15, 0.2) is 0 Å². The van der Waals surface area contributed by atoms with E-state index in [0.717, 1.165) is 13.1 Å². The third-order valence-corrected chi connectivity index (χ3v) is 5.69. The van der Waals surface area contributed by atoms with Gasteiger partial charge < -0.3 is 4.90 Å². The maximum Gasteiger partial charge on any atom is 0.255 e. The van der Waals surface area contributed by atoms with Crippen LogP contribution in [0.3, 0.4) is 0 Å². The Morgan fingerprint density at radius 3 is 1.93 bits per heavy atom. The summed E-state index contributed by atoms with van der Waals surface area (Å²) in [7, 11) is 0. The zero-order chi connectivity index (χ0) is 20.2. The van der Waals surface area contributed by atoms with E-state index in [1.54, 1.807) is 4.90 Å². The highest BCUT2D eigenvalue weighted by molar-refractivity contribution is 6.33. The van der Waals surface area contributed by atoms with Crippen molar-refractivity contribution in [3.63, 3.8) is 0 Å². The highest BCUT2D eigenvalue weighted by atomic mass is 35.5. The molecule has 1 fully saturated rings. The average Bonchev–Trinajstić information content (AvgIpc) is 2.77. The number of halogens is 2. The zero-order valence-corrected chi connectivity index (χ0v) is 16.7. The normalized spacial score (nSPS) is 14.9. The molecule has 0 aromatic heterocycles. The van der Waals surface area contributed by atoms with E-state index in [-0.39, 0.29) is 22.5 Å². The molecule has 4 rings (SSSR count). The van der Waals surface area contributed by atoms with Gasteiger partial charge in [-0.25, -0.2) is 4.39 Å². The van der Waals surface area contributed by atoms with Gasteiger partial charge in [-0.15, -0.1) is 0 Å². The molecule has 0 N–H and O–H groups in total.